The van der Waals surface area contributed by atoms with Gasteiger partial charge in [0.05, 0.1) is 13.7 Å². The van der Waals surface area contributed by atoms with Crippen molar-refractivity contribution in [2.75, 3.05) is 7.11 Å². The van der Waals surface area contributed by atoms with E-state index < -0.39 is 5.91 Å². The summed E-state index contributed by atoms with van der Waals surface area (Å²) < 4.78 is 11.2. The van der Waals surface area contributed by atoms with E-state index in [-0.39, 0.29) is 12.2 Å². The van der Waals surface area contributed by atoms with Gasteiger partial charge in [-0.15, -0.1) is 11.3 Å². The van der Waals surface area contributed by atoms with E-state index in [4.69, 9.17) is 32.7 Å². The Hall–Kier alpha value is -2.98. The highest BCUT2D eigenvalue weighted by molar-refractivity contribution is 7.09. The zero-order valence-electron chi connectivity index (χ0n) is 16.5. The van der Waals surface area contributed by atoms with E-state index in [9.17, 15) is 10.1 Å². The molecule has 5 nitrogen and oxygen atoms in total. The molecule has 31 heavy (non-hydrogen) atoms. The Morgan fingerprint density at radius 2 is 2.03 bits per heavy atom. The molecule has 0 spiro atoms. The van der Waals surface area contributed by atoms with Gasteiger partial charge in [-0.1, -0.05) is 41.4 Å². The fraction of sp³-hybridized carbons (Fsp3) is 0.130. The van der Waals surface area contributed by atoms with Gasteiger partial charge in [-0.05, 0) is 47.4 Å². The molecule has 2 aromatic carbocycles. The molecule has 0 saturated carbocycles. The van der Waals surface area contributed by atoms with Gasteiger partial charge in [0, 0.05) is 20.5 Å². The quantitative estimate of drug-likeness (QED) is 0.328. The number of rotatable bonds is 8. The van der Waals surface area contributed by atoms with Crippen LogP contribution in [-0.2, 0) is 17.9 Å². The van der Waals surface area contributed by atoms with Crippen LogP contribution in [0.25, 0.3) is 6.08 Å². The molecular weight excluding hydrogens is 455 g/mol. The first-order chi connectivity index (χ1) is 15.0. The van der Waals surface area contributed by atoms with Gasteiger partial charge in [-0.3, -0.25) is 4.79 Å². The van der Waals surface area contributed by atoms with Gasteiger partial charge in [-0.2, -0.15) is 5.26 Å². The lowest BCUT2D eigenvalue weighted by Crippen LogP contribution is -2.23. The topological polar surface area (TPSA) is 71.3 Å². The second-order valence-corrected chi connectivity index (χ2v) is 8.24. The van der Waals surface area contributed by atoms with Crippen molar-refractivity contribution in [2.24, 2.45) is 0 Å². The number of carbonyl (C=O) groups is 1. The maximum atomic E-state index is 12.3. The van der Waals surface area contributed by atoms with Crippen molar-refractivity contribution in [3.63, 3.8) is 0 Å². The first-order valence-electron chi connectivity index (χ1n) is 9.17. The SMILES string of the molecule is COc1cc(/C=C(\C#N)C(=O)NCc2cccs2)ccc1OCc1ccc(Cl)cc1Cl. The number of benzene rings is 2. The van der Waals surface area contributed by atoms with E-state index >= 15 is 0 Å². The van der Waals surface area contributed by atoms with Crippen molar-refractivity contribution in [3.8, 4) is 17.6 Å². The van der Waals surface area contributed by atoms with Gasteiger partial charge in [0.2, 0.25) is 0 Å². The second-order valence-electron chi connectivity index (χ2n) is 6.37. The van der Waals surface area contributed by atoms with Crippen LogP contribution in [0.15, 0.2) is 59.5 Å². The van der Waals surface area contributed by atoms with Gasteiger partial charge in [0.25, 0.3) is 5.91 Å². The maximum absolute atomic E-state index is 12.3. The van der Waals surface area contributed by atoms with Crippen molar-refractivity contribution >= 4 is 46.5 Å². The van der Waals surface area contributed by atoms with E-state index in [2.05, 4.69) is 5.32 Å². The van der Waals surface area contributed by atoms with Crippen molar-refractivity contribution in [1.82, 2.24) is 5.32 Å². The lowest BCUT2D eigenvalue weighted by molar-refractivity contribution is -0.117. The Labute approximate surface area is 194 Å². The zero-order chi connectivity index (χ0) is 22.2. The molecule has 1 amide bonds. The highest BCUT2D eigenvalue weighted by atomic mass is 35.5. The minimum atomic E-state index is -0.437. The van der Waals surface area contributed by atoms with Gasteiger partial charge in [0.1, 0.15) is 18.2 Å². The third-order valence-electron chi connectivity index (χ3n) is 4.27. The summed E-state index contributed by atoms with van der Waals surface area (Å²) in [4.78, 5) is 13.3. The summed E-state index contributed by atoms with van der Waals surface area (Å²) in [6.07, 6.45) is 1.51. The number of ether oxygens (including phenoxy) is 2. The average Bonchev–Trinajstić information content (AvgIpc) is 3.29. The maximum Gasteiger partial charge on any atom is 0.262 e. The van der Waals surface area contributed by atoms with Crippen LogP contribution in [0.1, 0.15) is 16.0 Å². The minimum Gasteiger partial charge on any atom is -0.493 e. The highest BCUT2D eigenvalue weighted by Gasteiger charge is 2.12. The Morgan fingerprint density at radius 1 is 1.19 bits per heavy atom. The predicted molar refractivity (Wildman–Crippen MR) is 124 cm³/mol. The molecule has 0 aliphatic carbocycles. The number of carbonyl (C=O) groups excluding carboxylic acids is 1. The Kier molecular flexibility index (Phi) is 7.96. The second kappa shape index (κ2) is 10.9. The molecule has 3 rings (SSSR count). The summed E-state index contributed by atoms with van der Waals surface area (Å²) in [6.45, 7) is 0.606. The summed E-state index contributed by atoms with van der Waals surface area (Å²) in [7, 11) is 1.52. The fourth-order valence-electron chi connectivity index (χ4n) is 2.68. The summed E-state index contributed by atoms with van der Waals surface area (Å²) >= 11 is 13.6. The molecule has 0 fully saturated rings. The summed E-state index contributed by atoms with van der Waals surface area (Å²) in [5, 5.41) is 15.1. The van der Waals surface area contributed by atoms with E-state index in [1.807, 2.05) is 23.6 Å². The summed E-state index contributed by atoms with van der Waals surface area (Å²) in [6, 6.07) is 16.1. The average molecular weight is 473 g/mol. The number of nitrogens with zero attached hydrogens (tertiary/aromatic N) is 1. The number of nitriles is 1. The normalized spacial score (nSPS) is 11.0. The van der Waals surface area contributed by atoms with Crippen LogP contribution in [0.3, 0.4) is 0 Å². The molecule has 1 aromatic heterocycles. The minimum absolute atomic E-state index is 0.000207. The van der Waals surface area contributed by atoms with Crippen LogP contribution in [0, 0.1) is 11.3 Å². The number of hydrogen-bond donors (Lipinski definition) is 1. The Balaban J connectivity index is 1.71. The molecule has 1 heterocycles. The van der Waals surface area contributed by atoms with Crippen molar-refractivity contribution in [2.45, 2.75) is 13.2 Å². The fourth-order valence-corrected chi connectivity index (χ4v) is 3.79. The van der Waals surface area contributed by atoms with Crippen LogP contribution in [0.4, 0.5) is 0 Å². The zero-order valence-corrected chi connectivity index (χ0v) is 18.9. The van der Waals surface area contributed by atoms with Crippen LogP contribution < -0.4 is 14.8 Å². The standard InChI is InChI=1S/C23H18Cl2N2O3S/c1-29-22-10-15(9-17(12-26)23(28)27-13-19-3-2-8-31-19)4-7-21(22)30-14-16-5-6-18(24)11-20(16)25/h2-11H,13-14H2,1H3,(H,27,28)/b17-9+. The van der Waals surface area contributed by atoms with Crippen LogP contribution >= 0.6 is 34.5 Å². The van der Waals surface area contributed by atoms with Crippen LogP contribution in [-0.4, -0.2) is 13.0 Å². The molecular formula is C23H18Cl2N2O3S. The predicted octanol–water partition coefficient (Wildman–Crippen LogP) is 5.87. The van der Waals surface area contributed by atoms with Crippen molar-refractivity contribution < 1.29 is 14.3 Å². The number of amides is 1. The highest BCUT2D eigenvalue weighted by Crippen LogP contribution is 2.31. The summed E-state index contributed by atoms with van der Waals surface area (Å²) in [5.74, 6) is 0.536. The van der Waals surface area contributed by atoms with E-state index in [1.54, 1.807) is 36.4 Å². The molecule has 8 heteroatoms. The first-order valence-corrected chi connectivity index (χ1v) is 10.8. The largest absolute Gasteiger partial charge is 0.493 e. The molecule has 1 N–H and O–H groups in total. The Morgan fingerprint density at radius 3 is 2.71 bits per heavy atom. The van der Waals surface area contributed by atoms with Crippen molar-refractivity contribution in [3.05, 3.63) is 85.5 Å². The smallest absolute Gasteiger partial charge is 0.262 e. The molecule has 0 aliphatic rings. The number of halogens is 2. The lowest BCUT2D eigenvalue weighted by atomic mass is 10.1. The third-order valence-corrected chi connectivity index (χ3v) is 5.73. The first kappa shape index (κ1) is 22.7. The number of methoxy groups -OCH3 is 1. The van der Waals surface area contributed by atoms with Gasteiger partial charge in [-0.25, -0.2) is 0 Å². The van der Waals surface area contributed by atoms with Gasteiger partial charge >= 0.3 is 0 Å². The molecule has 158 valence electrons. The number of hydrogen-bond acceptors (Lipinski definition) is 5. The molecule has 0 bridgehead atoms. The molecule has 3 aromatic rings. The van der Waals surface area contributed by atoms with E-state index in [0.717, 1.165) is 10.4 Å². The monoisotopic (exact) mass is 472 g/mol. The van der Waals surface area contributed by atoms with Crippen molar-refractivity contribution in [1.29, 1.82) is 5.26 Å². The Bertz CT molecular complexity index is 1140. The van der Waals surface area contributed by atoms with E-state index in [0.29, 0.717) is 33.7 Å². The van der Waals surface area contributed by atoms with E-state index in [1.165, 1.54) is 24.5 Å². The number of thiophene rings is 1. The third kappa shape index (κ3) is 6.25. The molecule has 0 atom stereocenters. The van der Waals surface area contributed by atoms with Crippen LogP contribution in [0.5, 0.6) is 11.5 Å². The summed E-state index contributed by atoms with van der Waals surface area (Å²) in [5.41, 5.74) is 1.42. The molecule has 0 aliphatic heterocycles. The lowest BCUT2D eigenvalue weighted by Gasteiger charge is -2.12. The molecule has 0 radical (unpaired) electrons. The van der Waals surface area contributed by atoms with Gasteiger partial charge in [0.15, 0.2) is 11.5 Å². The van der Waals surface area contributed by atoms with Crippen LogP contribution in [0.2, 0.25) is 10.0 Å². The number of nitrogens with one attached hydrogen (secondary N) is 1. The molecule has 0 saturated heterocycles. The van der Waals surface area contributed by atoms with Gasteiger partial charge < -0.3 is 14.8 Å². The molecule has 0 unspecified atom stereocenters.